The summed E-state index contributed by atoms with van der Waals surface area (Å²) in [5, 5.41) is 16.5. The SMILES string of the molecule is C.CC.Cn1cc2cc(-c3cnc4sc(C(O)C5CC(F)(F)C5)cc4c3)cnc2n1. The molecule has 160 valence electrons. The van der Waals surface area contributed by atoms with Gasteiger partial charge in [0.15, 0.2) is 5.65 Å². The summed E-state index contributed by atoms with van der Waals surface area (Å²) >= 11 is 1.36. The molecule has 1 atom stereocenters. The third-order valence-corrected chi connectivity index (χ3v) is 6.19. The van der Waals surface area contributed by atoms with E-state index in [1.54, 1.807) is 17.1 Å². The Labute approximate surface area is 178 Å². The second-order valence-electron chi connectivity index (χ2n) is 7.18. The standard InChI is InChI=1S/C19H16F2N4OS.C2H6.CH4/c1-25-9-13-3-12(7-22-17(13)24-25)11-2-10-4-15(27-18(10)23-8-11)16(26)14-5-19(20,21)6-14;1-2;/h2-4,7-9,14,16,26H,5-6H2,1H3;1-2H3;1H4. The van der Waals surface area contributed by atoms with E-state index in [1.165, 1.54) is 11.3 Å². The first-order valence-electron chi connectivity index (χ1n) is 9.63. The first kappa shape index (κ1) is 22.2. The fourth-order valence-electron chi connectivity index (χ4n) is 3.61. The van der Waals surface area contributed by atoms with Crippen molar-refractivity contribution < 1.29 is 13.9 Å². The second-order valence-corrected chi connectivity index (χ2v) is 8.24. The highest BCUT2D eigenvalue weighted by molar-refractivity contribution is 7.18. The molecular weight excluding hydrogens is 406 g/mol. The van der Waals surface area contributed by atoms with Crippen LogP contribution in [0.25, 0.3) is 32.4 Å². The minimum Gasteiger partial charge on any atom is -0.387 e. The Morgan fingerprint density at radius 1 is 1.10 bits per heavy atom. The van der Waals surface area contributed by atoms with E-state index < -0.39 is 12.0 Å². The lowest BCUT2D eigenvalue weighted by Crippen LogP contribution is -2.38. The molecule has 30 heavy (non-hydrogen) atoms. The molecule has 4 aromatic rings. The van der Waals surface area contributed by atoms with Gasteiger partial charge in [0, 0.05) is 71.2 Å². The van der Waals surface area contributed by atoms with Gasteiger partial charge in [0.25, 0.3) is 0 Å². The van der Waals surface area contributed by atoms with Crippen LogP contribution in [0.2, 0.25) is 0 Å². The monoisotopic (exact) mass is 432 g/mol. The maximum atomic E-state index is 13.1. The number of thiophene rings is 1. The Bertz CT molecular complexity index is 1160. The number of halogens is 2. The van der Waals surface area contributed by atoms with Crippen molar-refractivity contribution >= 4 is 32.6 Å². The molecule has 4 heterocycles. The minimum absolute atomic E-state index is 0. The van der Waals surface area contributed by atoms with Gasteiger partial charge in [-0.05, 0) is 18.2 Å². The van der Waals surface area contributed by atoms with Crippen molar-refractivity contribution in [2.24, 2.45) is 13.0 Å². The lowest BCUT2D eigenvalue weighted by atomic mass is 9.77. The molecule has 4 aromatic heterocycles. The van der Waals surface area contributed by atoms with Gasteiger partial charge in [-0.15, -0.1) is 11.3 Å². The van der Waals surface area contributed by atoms with Crippen molar-refractivity contribution in [3.63, 3.8) is 0 Å². The zero-order valence-corrected chi connectivity index (χ0v) is 17.2. The summed E-state index contributed by atoms with van der Waals surface area (Å²) in [5.74, 6) is -3.02. The molecule has 0 bridgehead atoms. The van der Waals surface area contributed by atoms with Crippen LogP contribution < -0.4 is 0 Å². The van der Waals surface area contributed by atoms with Gasteiger partial charge in [-0.25, -0.2) is 18.7 Å². The predicted octanol–water partition coefficient (Wildman–Crippen LogP) is 5.99. The van der Waals surface area contributed by atoms with E-state index in [0.717, 1.165) is 26.7 Å². The number of fused-ring (bicyclic) bond motifs is 2. The van der Waals surface area contributed by atoms with Crippen molar-refractivity contribution in [1.29, 1.82) is 0 Å². The summed E-state index contributed by atoms with van der Waals surface area (Å²) in [4.78, 5) is 10.3. The number of aromatic nitrogens is 4. The summed E-state index contributed by atoms with van der Waals surface area (Å²) < 4.78 is 27.9. The lowest BCUT2D eigenvalue weighted by Gasteiger charge is -2.37. The van der Waals surface area contributed by atoms with Gasteiger partial charge in [0.1, 0.15) is 4.83 Å². The minimum atomic E-state index is -2.63. The Morgan fingerprint density at radius 2 is 1.73 bits per heavy atom. The Morgan fingerprint density at radius 3 is 2.40 bits per heavy atom. The van der Waals surface area contributed by atoms with Crippen LogP contribution in [0, 0.1) is 5.92 Å². The number of rotatable bonds is 3. The van der Waals surface area contributed by atoms with Crippen LogP contribution in [-0.4, -0.2) is 30.8 Å². The van der Waals surface area contributed by atoms with Gasteiger partial charge in [-0.1, -0.05) is 21.3 Å². The molecule has 0 saturated heterocycles. The van der Waals surface area contributed by atoms with Gasteiger partial charge in [0.2, 0.25) is 5.92 Å². The molecule has 0 aliphatic heterocycles. The fraction of sp³-hybridized carbons (Fsp3) is 0.409. The lowest BCUT2D eigenvalue weighted by molar-refractivity contribution is -0.141. The highest BCUT2D eigenvalue weighted by Crippen LogP contribution is 2.49. The topological polar surface area (TPSA) is 63.8 Å². The van der Waals surface area contributed by atoms with E-state index in [4.69, 9.17) is 0 Å². The second kappa shape index (κ2) is 8.35. The molecule has 1 saturated carbocycles. The fourth-order valence-corrected chi connectivity index (χ4v) is 4.67. The number of aliphatic hydroxyl groups is 1. The van der Waals surface area contributed by atoms with Crippen molar-refractivity contribution in [1.82, 2.24) is 19.7 Å². The Kier molecular flexibility index (Phi) is 6.19. The third kappa shape index (κ3) is 4.06. The zero-order chi connectivity index (χ0) is 20.8. The van der Waals surface area contributed by atoms with Gasteiger partial charge in [-0.3, -0.25) is 4.68 Å². The number of aryl methyl sites for hydroxylation is 1. The molecule has 1 aliphatic rings. The van der Waals surface area contributed by atoms with Gasteiger partial charge in [0.05, 0.1) is 6.10 Å². The average molecular weight is 433 g/mol. The van der Waals surface area contributed by atoms with E-state index in [-0.39, 0.29) is 26.2 Å². The van der Waals surface area contributed by atoms with Crippen molar-refractivity contribution in [2.75, 3.05) is 0 Å². The zero-order valence-electron chi connectivity index (χ0n) is 16.4. The number of nitrogens with zero attached hydrogens (tertiary/aromatic N) is 4. The van der Waals surface area contributed by atoms with Crippen molar-refractivity contribution in [3.05, 3.63) is 41.7 Å². The summed E-state index contributed by atoms with van der Waals surface area (Å²) in [6.45, 7) is 4.00. The Hall–Kier alpha value is -2.45. The van der Waals surface area contributed by atoms with Gasteiger partial charge < -0.3 is 5.11 Å². The van der Waals surface area contributed by atoms with E-state index in [2.05, 4.69) is 15.1 Å². The van der Waals surface area contributed by atoms with Crippen LogP contribution in [0.3, 0.4) is 0 Å². The maximum absolute atomic E-state index is 13.1. The average Bonchev–Trinajstić information content (AvgIpc) is 3.28. The number of alkyl halides is 2. The van der Waals surface area contributed by atoms with Crippen molar-refractivity contribution in [2.45, 2.75) is 46.1 Å². The number of pyridine rings is 2. The smallest absolute Gasteiger partial charge is 0.248 e. The van der Waals surface area contributed by atoms with E-state index in [0.29, 0.717) is 10.5 Å². The number of hydrogen-bond acceptors (Lipinski definition) is 5. The van der Waals surface area contributed by atoms with Crippen molar-refractivity contribution in [3.8, 4) is 11.1 Å². The molecule has 1 fully saturated rings. The molecule has 8 heteroatoms. The van der Waals surface area contributed by atoms with Crippen LogP contribution in [0.4, 0.5) is 8.78 Å². The van der Waals surface area contributed by atoms with E-state index in [1.807, 2.05) is 45.3 Å². The first-order chi connectivity index (χ1) is 13.9. The predicted molar refractivity (Wildman–Crippen MR) is 118 cm³/mol. The summed E-state index contributed by atoms with van der Waals surface area (Å²) in [5.41, 5.74) is 2.53. The number of hydrogen-bond donors (Lipinski definition) is 1. The molecule has 5 rings (SSSR count). The van der Waals surface area contributed by atoms with E-state index in [9.17, 15) is 13.9 Å². The Balaban J connectivity index is 0.000000830. The molecule has 0 spiro atoms. The van der Waals surface area contributed by atoms with Crippen LogP contribution in [0.1, 0.15) is 45.1 Å². The summed E-state index contributed by atoms with van der Waals surface area (Å²) in [6.07, 6.45) is 4.07. The summed E-state index contributed by atoms with van der Waals surface area (Å²) in [7, 11) is 1.85. The molecule has 1 N–H and O–H groups in total. The normalized spacial score (nSPS) is 16.5. The van der Waals surface area contributed by atoms with Crippen LogP contribution in [0.5, 0.6) is 0 Å². The molecule has 1 unspecified atom stereocenters. The van der Waals surface area contributed by atoms with Gasteiger partial charge in [-0.2, -0.15) is 5.10 Å². The van der Waals surface area contributed by atoms with Crippen LogP contribution in [0.15, 0.2) is 36.8 Å². The molecule has 0 radical (unpaired) electrons. The molecule has 0 aromatic carbocycles. The highest BCUT2D eigenvalue weighted by atomic mass is 32.1. The molecule has 0 amide bonds. The molecule has 5 nitrogen and oxygen atoms in total. The molecular formula is C22H26F2N4OS. The molecule has 1 aliphatic carbocycles. The van der Waals surface area contributed by atoms with E-state index >= 15 is 0 Å². The highest BCUT2D eigenvalue weighted by Gasteiger charge is 2.48. The number of aliphatic hydroxyl groups excluding tert-OH is 1. The first-order valence-corrected chi connectivity index (χ1v) is 10.4. The van der Waals surface area contributed by atoms with Gasteiger partial charge >= 0.3 is 0 Å². The quantitative estimate of drug-likeness (QED) is 0.432. The largest absolute Gasteiger partial charge is 0.387 e. The van der Waals surface area contributed by atoms with Crippen LogP contribution >= 0.6 is 11.3 Å². The maximum Gasteiger partial charge on any atom is 0.248 e. The summed E-state index contributed by atoms with van der Waals surface area (Å²) in [6, 6.07) is 5.86. The van der Waals surface area contributed by atoms with Crippen LogP contribution in [-0.2, 0) is 7.05 Å². The third-order valence-electron chi connectivity index (χ3n) is 5.06.